The van der Waals surface area contributed by atoms with Gasteiger partial charge < -0.3 is 14.4 Å². The van der Waals surface area contributed by atoms with Crippen LogP contribution in [0.4, 0.5) is 0 Å². The maximum Gasteiger partial charge on any atom is 0.265 e. The van der Waals surface area contributed by atoms with E-state index in [1.165, 1.54) is 19.4 Å². The van der Waals surface area contributed by atoms with Gasteiger partial charge in [0.2, 0.25) is 0 Å². The van der Waals surface area contributed by atoms with Gasteiger partial charge in [-0.25, -0.2) is 4.98 Å². The minimum absolute atomic E-state index is 0.0818. The summed E-state index contributed by atoms with van der Waals surface area (Å²) in [6.45, 7) is 8.99. The standard InChI is InChI=1S/C25H31N3O3/c1-17-8-10-22-21(15-17)25(29)28(19(3)26-22)20-9-11-23(24(16-20)30-4)31-14-6-13-27-12-5-7-18(27)2/h8-11,15-16,18H,5-7,12-14H2,1-4H3/t18-/m1/s1. The molecule has 0 N–H and O–H groups in total. The Morgan fingerprint density at radius 2 is 1.97 bits per heavy atom. The van der Waals surface area contributed by atoms with E-state index in [1.54, 1.807) is 11.7 Å². The van der Waals surface area contributed by atoms with Gasteiger partial charge in [-0.3, -0.25) is 9.36 Å². The molecule has 1 fully saturated rings. The first kappa shape index (κ1) is 21.4. The molecular weight excluding hydrogens is 390 g/mol. The first-order valence-corrected chi connectivity index (χ1v) is 11.0. The van der Waals surface area contributed by atoms with Crippen molar-refractivity contribution in [3.63, 3.8) is 0 Å². The predicted molar refractivity (Wildman–Crippen MR) is 124 cm³/mol. The summed E-state index contributed by atoms with van der Waals surface area (Å²) in [6, 6.07) is 12.0. The fourth-order valence-electron chi connectivity index (χ4n) is 4.40. The van der Waals surface area contributed by atoms with Crippen molar-refractivity contribution in [1.82, 2.24) is 14.5 Å². The lowest BCUT2D eigenvalue weighted by atomic mass is 10.1. The van der Waals surface area contributed by atoms with Crippen LogP contribution in [0.25, 0.3) is 16.6 Å². The lowest BCUT2D eigenvalue weighted by molar-refractivity contribution is 0.226. The molecule has 0 spiro atoms. The van der Waals surface area contributed by atoms with E-state index < -0.39 is 0 Å². The number of aromatic nitrogens is 2. The van der Waals surface area contributed by atoms with Crippen molar-refractivity contribution in [3.8, 4) is 17.2 Å². The maximum absolute atomic E-state index is 13.2. The molecule has 1 aliphatic rings. The summed E-state index contributed by atoms with van der Waals surface area (Å²) in [4.78, 5) is 20.3. The molecule has 0 radical (unpaired) electrons. The van der Waals surface area contributed by atoms with E-state index in [0.717, 1.165) is 18.5 Å². The second kappa shape index (κ2) is 9.10. The van der Waals surface area contributed by atoms with Crippen LogP contribution in [-0.2, 0) is 0 Å². The molecule has 0 aliphatic carbocycles. The molecule has 31 heavy (non-hydrogen) atoms. The highest BCUT2D eigenvalue weighted by Crippen LogP contribution is 2.30. The summed E-state index contributed by atoms with van der Waals surface area (Å²) in [6.07, 6.45) is 3.55. The Balaban J connectivity index is 1.55. The fraction of sp³-hybridized carbons (Fsp3) is 0.440. The van der Waals surface area contributed by atoms with Crippen molar-refractivity contribution in [3.05, 3.63) is 58.1 Å². The van der Waals surface area contributed by atoms with E-state index in [-0.39, 0.29) is 5.56 Å². The van der Waals surface area contributed by atoms with Crippen LogP contribution in [0.15, 0.2) is 41.2 Å². The maximum atomic E-state index is 13.2. The van der Waals surface area contributed by atoms with Gasteiger partial charge in [0.1, 0.15) is 5.82 Å². The van der Waals surface area contributed by atoms with E-state index in [1.807, 2.05) is 50.2 Å². The molecule has 0 saturated carbocycles. The number of hydrogen-bond acceptors (Lipinski definition) is 5. The fourth-order valence-corrected chi connectivity index (χ4v) is 4.40. The summed E-state index contributed by atoms with van der Waals surface area (Å²) in [5.41, 5.74) is 2.38. The summed E-state index contributed by atoms with van der Waals surface area (Å²) < 4.78 is 13.2. The van der Waals surface area contributed by atoms with E-state index >= 15 is 0 Å². The van der Waals surface area contributed by atoms with Crippen LogP contribution >= 0.6 is 0 Å². The molecule has 2 aromatic carbocycles. The molecule has 1 atom stereocenters. The Hall–Kier alpha value is -2.86. The van der Waals surface area contributed by atoms with Gasteiger partial charge in [0.15, 0.2) is 11.5 Å². The van der Waals surface area contributed by atoms with Crippen LogP contribution in [0.1, 0.15) is 37.6 Å². The molecule has 2 heterocycles. The molecule has 3 aromatic rings. The highest BCUT2D eigenvalue weighted by Gasteiger charge is 2.19. The molecule has 4 rings (SSSR count). The average Bonchev–Trinajstić information content (AvgIpc) is 3.17. The van der Waals surface area contributed by atoms with E-state index in [0.29, 0.717) is 46.6 Å². The quantitative estimate of drug-likeness (QED) is 0.534. The number of fused-ring (bicyclic) bond motifs is 1. The lowest BCUT2D eigenvalue weighted by Gasteiger charge is -2.21. The predicted octanol–water partition coefficient (Wildman–Crippen LogP) is 4.26. The molecule has 0 amide bonds. The highest BCUT2D eigenvalue weighted by molar-refractivity contribution is 5.78. The second-order valence-electron chi connectivity index (χ2n) is 8.38. The third kappa shape index (κ3) is 4.44. The zero-order valence-corrected chi connectivity index (χ0v) is 18.9. The van der Waals surface area contributed by atoms with Crippen molar-refractivity contribution in [2.45, 2.75) is 46.1 Å². The molecule has 6 nitrogen and oxygen atoms in total. The lowest BCUT2D eigenvalue weighted by Crippen LogP contribution is -2.28. The van der Waals surface area contributed by atoms with Crippen molar-refractivity contribution in [1.29, 1.82) is 0 Å². The van der Waals surface area contributed by atoms with Gasteiger partial charge in [-0.1, -0.05) is 11.6 Å². The van der Waals surface area contributed by atoms with Gasteiger partial charge in [0.25, 0.3) is 5.56 Å². The summed E-state index contributed by atoms with van der Waals surface area (Å²) in [7, 11) is 1.62. The normalized spacial score (nSPS) is 16.7. The minimum Gasteiger partial charge on any atom is -0.493 e. The molecule has 1 saturated heterocycles. The smallest absolute Gasteiger partial charge is 0.265 e. The van der Waals surface area contributed by atoms with Crippen LogP contribution < -0.4 is 15.0 Å². The van der Waals surface area contributed by atoms with Crippen LogP contribution in [0.5, 0.6) is 11.5 Å². The Bertz CT molecular complexity index is 1140. The number of methoxy groups -OCH3 is 1. The van der Waals surface area contributed by atoms with Gasteiger partial charge >= 0.3 is 0 Å². The van der Waals surface area contributed by atoms with Crippen LogP contribution in [0.3, 0.4) is 0 Å². The molecular formula is C25H31N3O3. The molecule has 1 aliphatic heterocycles. The van der Waals surface area contributed by atoms with Crippen LogP contribution in [0, 0.1) is 13.8 Å². The Labute approximate surface area is 183 Å². The number of rotatable bonds is 7. The van der Waals surface area contributed by atoms with Crippen molar-refractivity contribution in [2.75, 3.05) is 26.8 Å². The van der Waals surface area contributed by atoms with Crippen LogP contribution in [-0.4, -0.2) is 47.3 Å². The van der Waals surface area contributed by atoms with Crippen molar-refractivity contribution in [2.24, 2.45) is 0 Å². The first-order chi connectivity index (χ1) is 15.0. The van der Waals surface area contributed by atoms with Crippen molar-refractivity contribution < 1.29 is 9.47 Å². The molecule has 0 bridgehead atoms. The Morgan fingerprint density at radius 1 is 1.13 bits per heavy atom. The SMILES string of the molecule is COc1cc(-n2c(C)nc3ccc(C)cc3c2=O)ccc1OCCCN1CCC[C@H]1C. The van der Waals surface area contributed by atoms with Gasteiger partial charge in [0, 0.05) is 18.7 Å². The van der Waals surface area contributed by atoms with Crippen molar-refractivity contribution >= 4 is 10.9 Å². The topological polar surface area (TPSA) is 56.6 Å². The average molecular weight is 422 g/mol. The van der Waals surface area contributed by atoms with Gasteiger partial charge in [-0.05, 0) is 70.8 Å². The number of likely N-dealkylation sites (tertiary alicyclic amines) is 1. The molecule has 164 valence electrons. The van der Waals surface area contributed by atoms with E-state index in [4.69, 9.17) is 9.47 Å². The first-order valence-electron chi connectivity index (χ1n) is 11.0. The molecule has 0 unspecified atom stereocenters. The summed E-state index contributed by atoms with van der Waals surface area (Å²) >= 11 is 0. The number of hydrogen-bond donors (Lipinski definition) is 0. The van der Waals surface area contributed by atoms with E-state index in [2.05, 4.69) is 16.8 Å². The van der Waals surface area contributed by atoms with Gasteiger partial charge in [-0.15, -0.1) is 0 Å². The Morgan fingerprint density at radius 3 is 2.71 bits per heavy atom. The van der Waals surface area contributed by atoms with Crippen LogP contribution in [0.2, 0.25) is 0 Å². The molecule has 1 aromatic heterocycles. The molecule has 6 heteroatoms. The summed E-state index contributed by atoms with van der Waals surface area (Å²) in [5.74, 6) is 1.94. The highest BCUT2D eigenvalue weighted by atomic mass is 16.5. The number of aryl methyl sites for hydroxylation is 2. The zero-order valence-electron chi connectivity index (χ0n) is 18.9. The zero-order chi connectivity index (χ0) is 22.0. The second-order valence-corrected chi connectivity index (χ2v) is 8.38. The third-order valence-electron chi connectivity index (χ3n) is 6.13. The largest absolute Gasteiger partial charge is 0.493 e. The third-order valence-corrected chi connectivity index (χ3v) is 6.13. The monoisotopic (exact) mass is 421 g/mol. The van der Waals surface area contributed by atoms with Gasteiger partial charge in [0.05, 0.1) is 30.3 Å². The Kier molecular flexibility index (Phi) is 6.28. The summed E-state index contributed by atoms with van der Waals surface area (Å²) in [5, 5.41) is 0.612. The minimum atomic E-state index is -0.0818. The number of nitrogens with zero attached hydrogens (tertiary/aromatic N) is 3. The van der Waals surface area contributed by atoms with E-state index in [9.17, 15) is 4.79 Å². The number of benzene rings is 2. The van der Waals surface area contributed by atoms with Gasteiger partial charge in [-0.2, -0.15) is 0 Å². The number of ether oxygens (including phenoxy) is 2.